The van der Waals surface area contributed by atoms with Crippen LogP contribution in [-0.2, 0) is 21.7 Å². The predicted octanol–water partition coefficient (Wildman–Crippen LogP) is 15.2. The van der Waals surface area contributed by atoms with Crippen molar-refractivity contribution in [2.45, 2.75) is 144 Å². The van der Waals surface area contributed by atoms with Crippen LogP contribution in [0.3, 0.4) is 0 Å². The zero-order valence-electron chi connectivity index (χ0n) is 50.4. The van der Waals surface area contributed by atoms with Crippen molar-refractivity contribution in [3.8, 4) is 28.2 Å². The molecule has 81 heavy (non-hydrogen) atoms. The third-order valence-electron chi connectivity index (χ3n) is 20.2. The van der Waals surface area contributed by atoms with Gasteiger partial charge in [0.1, 0.15) is 0 Å². The molecule has 0 aliphatic carbocycles. The summed E-state index contributed by atoms with van der Waals surface area (Å²) in [6.07, 6.45) is 0. The van der Waals surface area contributed by atoms with Gasteiger partial charge in [0.15, 0.2) is 8.07 Å². The topological polar surface area (TPSA) is 14.8 Å². The second kappa shape index (κ2) is 15.6. The molecule has 0 fully saturated rings. The smallest absolute Gasteiger partial charge is 0.253 e. The maximum atomic E-state index is 2.86. The van der Waals surface area contributed by atoms with Crippen LogP contribution in [0.25, 0.3) is 93.6 Å². The Bertz CT molecular complexity index is 4790. The number of hydrogen-bond donors (Lipinski definition) is 0. The van der Waals surface area contributed by atoms with Gasteiger partial charge in [0, 0.05) is 54.9 Å². The van der Waals surface area contributed by atoms with Gasteiger partial charge < -0.3 is 13.7 Å². The zero-order valence-corrected chi connectivity index (χ0v) is 51.4. The number of para-hydroxylation sites is 1. The molecule has 0 N–H and O–H groups in total. The van der Waals surface area contributed by atoms with E-state index in [1.165, 1.54) is 149 Å². The van der Waals surface area contributed by atoms with E-state index in [-0.39, 0.29) is 28.4 Å². The summed E-state index contributed by atoms with van der Waals surface area (Å²) in [4.78, 5) is 0. The Labute approximate surface area is 479 Å². The van der Waals surface area contributed by atoms with Crippen molar-refractivity contribution in [3.63, 3.8) is 0 Å². The van der Waals surface area contributed by atoms with Crippen molar-refractivity contribution >= 4 is 117 Å². The van der Waals surface area contributed by atoms with Crippen molar-refractivity contribution in [2.75, 3.05) is 0 Å². The van der Waals surface area contributed by atoms with Gasteiger partial charge in [-0.1, -0.05) is 202 Å². The minimum absolute atomic E-state index is 0.0458. The number of benzene rings is 9. The van der Waals surface area contributed by atoms with Crippen molar-refractivity contribution in [2.24, 2.45) is 0 Å². The van der Waals surface area contributed by atoms with Gasteiger partial charge in [0.2, 0.25) is 0 Å². The molecule has 3 aromatic heterocycles. The molecule has 0 radical (unpaired) electrons. The molecular formula is C76H74BN3Si. The molecule has 400 valence electrons. The van der Waals surface area contributed by atoms with Crippen LogP contribution < -0.4 is 37.1 Å². The van der Waals surface area contributed by atoms with Crippen LogP contribution in [-0.4, -0.2) is 28.5 Å². The van der Waals surface area contributed by atoms with Gasteiger partial charge in [-0.3, -0.25) is 0 Å². The largest absolute Gasteiger partial charge is 0.310 e. The number of nitrogens with zero attached hydrogens (tertiary/aromatic N) is 3. The summed E-state index contributed by atoms with van der Waals surface area (Å²) in [6.45, 7) is 38.4. The minimum atomic E-state index is -3.22. The van der Waals surface area contributed by atoms with Crippen LogP contribution in [0.4, 0.5) is 0 Å². The van der Waals surface area contributed by atoms with Crippen LogP contribution in [0.2, 0.25) is 0 Å². The Morgan fingerprint density at radius 3 is 1.57 bits per heavy atom. The van der Waals surface area contributed by atoms with Crippen LogP contribution >= 0.6 is 0 Å². The van der Waals surface area contributed by atoms with E-state index in [1.807, 2.05) is 0 Å². The number of fused-ring (bicyclic) bond motifs is 18. The molecule has 0 amide bonds. The molecule has 16 rings (SSSR count). The number of aromatic nitrogens is 3. The molecule has 0 unspecified atom stereocenters. The van der Waals surface area contributed by atoms with E-state index in [0.717, 1.165) is 0 Å². The third-order valence-corrected chi connectivity index (χ3v) is 25.0. The lowest BCUT2D eigenvalue weighted by Crippen LogP contribution is -2.77. The summed E-state index contributed by atoms with van der Waals surface area (Å²) in [5.74, 6) is 0.769. The van der Waals surface area contributed by atoms with Crippen molar-refractivity contribution < 1.29 is 0 Å². The van der Waals surface area contributed by atoms with Crippen LogP contribution in [0.1, 0.15) is 156 Å². The van der Waals surface area contributed by atoms with Gasteiger partial charge in [-0.25, -0.2) is 0 Å². The van der Waals surface area contributed by atoms with E-state index in [9.17, 15) is 0 Å². The first-order chi connectivity index (χ1) is 38.4. The van der Waals surface area contributed by atoms with Crippen molar-refractivity contribution in [1.29, 1.82) is 0 Å². The third kappa shape index (κ3) is 6.21. The van der Waals surface area contributed by atoms with Crippen LogP contribution in [0.15, 0.2) is 146 Å². The summed E-state index contributed by atoms with van der Waals surface area (Å²) in [6, 6.07) is 60.0. The van der Waals surface area contributed by atoms with Crippen LogP contribution in [0, 0.1) is 0 Å². The minimum Gasteiger partial charge on any atom is -0.310 e. The highest BCUT2D eigenvalue weighted by Crippen LogP contribution is 2.48. The summed E-state index contributed by atoms with van der Waals surface area (Å²) in [5.41, 5.74) is 27.2. The first kappa shape index (κ1) is 49.5. The first-order valence-electron chi connectivity index (χ1n) is 30.2. The Morgan fingerprint density at radius 2 is 0.951 bits per heavy atom. The number of rotatable bonds is 3. The lowest BCUT2D eigenvalue weighted by Gasteiger charge is -2.43. The maximum absolute atomic E-state index is 3.22. The standard InChI is InChI=1S/C76H74BN3Si/c1-41(2)43-23-29-58-53(32-43)56-40-61-66(52-26-22-44(42(3)4)33-60(52)78(61)49-20-18-17-19-21-49)68-71(56)79(58)59-30-31-62-72-67(59)77(68)57-36-47(75(11,12)13)34-54-55-35-48(76(14,15)16)39-65(70(55)80(72)69(54)57)81(62)63-37-45(73(5,6)7)24-27-50(63)51-28-25-46(38-64(51)81)74(8,9)10/h17-42H,1-16H3. The van der Waals surface area contributed by atoms with Crippen molar-refractivity contribution in [3.05, 3.63) is 179 Å². The summed E-state index contributed by atoms with van der Waals surface area (Å²) < 4.78 is 8.23. The van der Waals surface area contributed by atoms with E-state index in [1.54, 1.807) is 15.6 Å². The SMILES string of the molecule is CC(C)c1ccc2c(c1)c1cc3c(c4c1n2-c1ccc2c5c1B4c1cc(C(C)(C)C)cc4c6cc(C(C)(C)C)cc(c6n-5c14)[Si]21c2cc(C(C)(C)C)ccc2-c2ccc(C(C)(C)C)cc21)c1ccc(C(C)C)cc1n3-c1ccccc1. The zero-order chi connectivity index (χ0) is 56.3. The van der Waals surface area contributed by atoms with E-state index in [4.69, 9.17) is 0 Å². The highest BCUT2D eigenvalue weighted by molar-refractivity contribution is 7.24. The van der Waals surface area contributed by atoms with Gasteiger partial charge in [0.25, 0.3) is 6.71 Å². The second-order valence-corrected chi connectivity index (χ2v) is 33.4. The molecule has 9 aromatic carbocycles. The molecule has 0 saturated heterocycles. The van der Waals surface area contributed by atoms with Gasteiger partial charge in [-0.15, -0.1) is 0 Å². The molecule has 7 heterocycles. The van der Waals surface area contributed by atoms with Gasteiger partial charge >= 0.3 is 0 Å². The first-order valence-corrected chi connectivity index (χ1v) is 32.2. The fraction of sp³-hybridized carbons (Fsp3) is 0.289. The lowest BCUT2D eigenvalue weighted by molar-refractivity contribution is 0.590. The molecule has 4 aliphatic heterocycles. The quantitative estimate of drug-likeness (QED) is 0.157. The summed E-state index contributed by atoms with van der Waals surface area (Å²) in [7, 11) is -3.22. The Morgan fingerprint density at radius 1 is 0.383 bits per heavy atom. The molecule has 0 saturated carbocycles. The Kier molecular flexibility index (Phi) is 9.53. The van der Waals surface area contributed by atoms with E-state index in [0.29, 0.717) is 11.8 Å². The molecule has 5 heteroatoms. The monoisotopic (exact) mass is 1070 g/mol. The van der Waals surface area contributed by atoms with E-state index >= 15 is 0 Å². The summed E-state index contributed by atoms with van der Waals surface area (Å²) >= 11 is 0. The second-order valence-electron chi connectivity index (χ2n) is 29.8. The van der Waals surface area contributed by atoms with Crippen molar-refractivity contribution in [1.82, 2.24) is 13.7 Å². The number of hydrogen-bond acceptors (Lipinski definition) is 0. The molecular weight excluding hydrogens is 994 g/mol. The molecule has 4 aliphatic rings. The molecule has 3 nitrogen and oxygen atoms in total. The van der Waals surface area contributed by atoms with Crippen LogP contribution in [0.5, 0.6) is 0 Å². The van der Waals surface area contributed by atoms with Gasteiger partial charge in [0.05, 0.1) is 27.6 Å². The Hall–Kier alpha value is -7.34. The fourth-order valence-corrected chi connectivity index (χ4v) is 21.4. The highest BCUT2D eigenvalue weighted by atomic mass is 28.3. The highest BCUT2D eigenvalue weighted by Gasteiger charge is 2.57. The molecule has 1 spiro atoms. The lowest BCUT2D eigenvalue weighted by atomic mass is 9.33. The average molecular weight is 1070 g/mol. The van der Waals surface area contributed by atoms with Gasteiger partial charge in [-0.05, 0) is 170 Å². The molecule has 0 atom stereocenters. The fourth-order valence-electron chi connectivity index (χ4n) is 15.8. The molecule has 12 aromatic rings. The Balaban J connectivity index is 1.19. The predicted molar refractivity (Wildman–Crippen MR) is 353 cm³/mol. The average Bonchev–Trinajstić information content (AvgIpc) is 4.29. The summed E-state index contributed by atoms with van der Waals surface area (Å²) in [5, 5.41) is 14.3. The van der Waals surface area contributed by atoms with E-state index in [2.05, 4.69) is 270 Å². The van der Waals surface area contributed by atoms with E-state index < -0.39 is 8.07 Å². The van der Waals surface area contributed by atoms with Gasteiger partial charge in [-0.2, -0.15) is 0 Å². The maximum Gasteiger partial charge on any atom is 0.253 e. The molecule has 0 bridgehead atoms. The normalized spacial score (nSPS) is 15.0.